The van der Waals surface area contributed by atoms with Crippen LogP contribution in [0.4, 0.5) is 5.69 Å². The molecule has 1 saturated carbocycles. The molecule has 4 aromatic rings. The second-order valence-corrected chi connectivity index (χ2v) is 13.4. The molecule has 3 amide bonds. The summed E-state index contributed by atoms with van der Waals surface area (Å²) in [6.45, 7) is 10.5. The van der Waals surface area contributed by atoms with E-state index in [2.05, 4.69) is 44.9 Å². The minimum absolute atomic E-state index is 0.0744. The number of hydrogen-bond acceptors (Lipinski definition) is 6. The summed E-state index contributed by atoms with van der Waals surface area (Å²) in [4.78, 5) is 54.2. The van der Waals surface area contributed by atoms with Gasteiger partial charge >= 0.3 is 0 Å². The lowest BCUT2D eigenvalue weighted by molar-refractivity contribution is -0.130. The molecule has 5 rings (SSSR count). The van der Waals surface area contributed by atoms with E-state index in [0.29, 0.717) is 47.6 Å². The van der Waals surface area contributed by atoms with Crippen LogP contribution in [0.25, 0.3) is 22.0 Å². The Hall–Kier alpha value is -4.74. The summed E-state index contributed by atoms with van der Waals surface area (Å²) in [7, 11) is 0. The van der Waals surface area contributed by atoms with Gasteiger partial charge in [0, 0.05) is 30.1 Å². The molecule has 266 valence electrons. The molecule has 7 N–H and O–H groups in total. The topological polar surface area (TPSA) is 165 Å². The quantitative estimate of drug-likeness (QED) is 0.0994. The average molecular weight is 682 g/mol. The maximum Gasteiger partial charge on any atom is 0.271 e. The summed E-state index contributed by atoms with van der Waals surface area (Å²) >= 11 is 0. The van der Waals surface area contributed by atoms with Crippen LogP contribution in [-0.4, -0.2) is 71.6 Å². The second kappa shape index (κ2) is 17.3. The molecule has 11 heteroatoms. The highest BCUT2D eigenvalue weighted by Crippen LogP contribution is 2.29. The molecule has 1 heterocycles. The normalized spacial score (nSPS) is 16.7. The van der Waals surface area contributed by atoms with Crippen molar-refractivity contribution < 1.29 is 14.4 Å². The highest BCUT2D eigenvalue weighted by Gasteiger charge is 2.29. The number of H-pyrrole nitrogens is 2. The summed E-state index contributed by atoms with van der Waals surface area (Å²) in [5.74, 6) is -0.248. The molecule has 0 saturated heterocycles. The van der Waals surface area contributed by atoms with E-state index in [0.717, 1.165) is 74.0 Å². The van der Waals surface area contributed by atoms with Crippen LogP contribution in [0, 0.1) is 18.8 Å². The van der Waals surface area contributed by atoms with Gasteiger partial charge in [-0.2, -0.15) is 0 Å². The van der Waals surface area contributed by atoms with Gasteiger partial charge in [-0.1, -0.05) is 44.2 Å². The first-order valence-corrected chi connectivity index (χ1v) is 17.9. The fourth-order valence-corrected chi connectivity index (χ4v) is 6.83. The van der Waals surface area contributed by atoms with Crippen LogP contribution in [0.15, 0.2) is 65.5 Å². The Labute approximate surface area is 293 Å². The highest BCUT2D eigenvalue weighted by molar-refractivity contribution is 5.99. The van der Waals surface area contributed by atoms with Crippen molar-refractivity contribution in [3.8, 4) is 11.1 Å². The van der Waals surface area contributed by atoms with Gasteiger partial charge in [-0.3, -0.25) is 29.4 Å². The van der Waals surface area contributed by atoms with E-state index in [1.165, 1.54) is 0 Å². The third-order valence-corrected chi connectivity index (χ3v) is 10.1. The lowest BCUT2D eigenvalue weighted by Gasteiger charge is -2.28. The van der Waals surface area contributed by atoms with E-state index in [9.17, 15) is 19.2 Å². The number of aromatic nitrogens is 2. The van der Waals surface area contributed by atoms with Crippen LogP contribution in [0.2, 0.25) is 0 Å². The Morgan fingerprint density at radius 1 is 0.940 bits per heavy atom. The zero-order valence-electron chi connectivity index (χ0n) is 29.4. The summed E-state index contributed by atoms with van der Waals surface area (Å²) in [6, 6.07) is 17.9. The molecular formula is C39H51N7O4. The average Bonchev–Trinajstić information content (AvgIpc) is 3.50. The van der Waals surface area contributed by atoms with E-state index in [1.807, 2.05) is 49.4 Å². The minimum Gasteiger partial charge on any atom is -0.352 e. The standard InChI is InChI=1S/C39H51N7O4/c1-4-46(5-2)20-6-19-41-36(47)30-15-17-32(25(3)21-30)28-11-7-26(8-12-28)22-35(43-37(48)29-13-9-27(24-40)10-14-29)39(50)42-31-16-18-33-34(23-31)44-45-38(33)49/h7-8,11-12,15-18,21,23,27,29,35H,4-6,9-10,13-14,19-20,22,24,40H2,1-3H3,(H,41,47)(H,42,50)(H,43,48)(H2,44,45,49)/t27?,29?,35-/m0/s1. The van der Waals surface area contributed by atoms with E-state index >= 15 is 0 Å². The SMILES string of the molecule is CCN(CC)CCCNC(=O)c1ccc(-c2ccc(C[C@H](NC(=O)C3CCC(CN)CC3)C(=O)Nc3ccc4c(=O)[nH][nH]c4c3)cc2)c(C)c1. The van der Waals surface area contributed by atoms with Crippen molar-refractivity contribution in [2.75, 3.05) is 38.0 Å². The van der Waals surface area contributed by atoms with Gasteiger partial charge in [-0.15, -0.1) is 0 Å². The Balaban J connectivity index is 1.26. The van der Waals surface area contributed by atoms with Crippen molar-refractivity contribution in [3.63, 3.8) is 0 Å². The molecule has 11 nitrogen and oxygen atoms in total. The third-order valence-electron chi connectivity index (χ3n) is 10.1. The fraction of sp³-hybridized carbons (Fsp3) is 0.436. The van der Waals surface area contributed by atoms with Crippen molar-refractivity contribution in [2.24, 2.45) is 17.6 Å². The number of carbonyl (C=O) groups is 3. The Kier molecular flexibility index (Phi) is 12.6. The molecule has 1 atom stereocenters. The number of nitrogens with zero attached hydrogens (tertiary/aromatic N) is 1. The van der Waals surface area contributed by atoms with Crippen LogP contribution in [0.5, 0.6) is 0 Å². The molecule has 1 aliphatic rings. The number of rotatable bonds is 15. The molecule has 0 aliphatic heterocycles. The first kappa shape index (κ1) is 36.5. The summed E-state index contributed by atoms with van der Waals surface area (Å²) in [6.07, 6.45) is 4.53. The molecule has 0 radical (unpaired) electrons. The summed E-state index contributed by atoms with van der Waals surface area (Å²) in [5.41, 5.74) is 11.2. The first-order valence-electron chi connectivity index (χ1n) is 17.9. The van der Waals surface area contributed by atoms with Gasteiger partial charge in [0.25, 0.3) is 11.5 Å². The maximum atomic E-state index is 13.7. The third kappa shape index (κ3) is 9.28. The summed E-state index contributed by atoms with van der Waals surface area (Å²) < 4.78 is 0. The smallest absolute Gasteiger partial charge is 0.271 e. The minimum atomic E-state index is -0.812. The number of benzene rings is 3. The number of nitrogens with one attached hydrogen (secondary N) is 5. The monoisotopic (exact) mass is 681 g/mol. The second-order valence-electron chi connectivity index (χ2n) is 13.4. The van der Waals surface area contributed by atoms with Crippen molar-refractivity contribution in [2.45, 2.75) is 65.3 Å². The number of aromatic amines is 2. The summed E-state index contributed by atoms with van der Waals surface area (Å²) in [5, 5.41) is 14.9. The maximum absolute atomic E-state index is 13.7. The molecule has 1 fully saturated rings. The molecule has 0 bridgehead atoms. The Bertz CT molecular complexity index is 1820. The van der Waals surface area contributed by atoms with E-state index in [-0.39, 0.29) is 29.2 Å². The van der Waals surface area contributed by atoms with Crippen LogP contribution in [-0.2, 0) is 16.0 Å². The van der Waals surface area contributed by atoms with Gasteiger partial charge in [0.1, 0.15) is 6.04 Å². The number of amides is 3. The largest absolute Gasteiger partial charge is 0.352 e. The van der Waals surface area contributed by atoms with Crippen molar-refractivity contribution in [1.82, 2.24) is 25.7 Å². The van der Waals surface area contributed by atoms with Gasteiger partial charge < -0.3 is 26.6 Å². The van der Waals surface area contributed by atoms with Crippen LogP contribution in [0.1, 0.15) is 67.4 Å². The van der Waals surface area contributed by atoms with E-state index < -0.39 is 6.04 Å². The number of anilines is 1. The van der Waals surface area contributed by atoms with Gasteiger partial charge in [0.05, 0.1) is 10.9 Å². The lowest BCUT2D eigenvalue weighted by atomic mass is 9.81. The zero-order chi connectivity index (χ0) is 35.6. The van der Waals surface area contributed by atoms with Crippen molar-refractivity contribution in [1.29, 1.82) is 0 Å². The molecule has 50 heavy (non-hydrogen) atoms. The Morgan fingerprint density at radius 3 is 2.36 bits per heavy atom. The van der Waals surface area contributed by atoms with Crippen LogP contribution < -0.4 is 27.2 Å². The van der Waals surface area contributed by atoms with Gasteiger partial charge in [0.2, 0.25) is 11.8 Å². The fourth-order valence-electron chi connectivity index (χ4n) is 6.83. The Morgan fingerprint density at radius 2 is 1.68 bits per heavy atom. The molecular weight excluding hydrogens is 630 g/mol. The number of aryl methyl sites for hydroxylation is 1. The lowest BCUT2D eigenvalue weighted by Crippen LogP contribution is -2.48. The molecule has 0 unspecified atom stereocenters. The first-order chi connectivity index (χ1) is 24.2. The van der Waals surface area contributed by atoms with E-state index in [4.69, 9.17) is 5.73 Å². The number of nitrogens with two attached hydrogens (primary N) is 1. The van der Waals surface area contributed by atoms with Crippen molar-refractivity contribution >= 4 is 34.3 Å². The van der Waals surface area contributed by atoms with Crippen LogP contribution >= 0.6 is 0 Å². The predicted molar refractivity (Wildman–Crippen MR) is 199 cm³/mol. The van der Waals surface area contributed by atoms with Gasteiger partial charge in [-0.25, -0.2) is 0 Å². The molecule has 3 aromatic carbocycles. The number of fused-ring (bicyclic) bond motifs is 1. The van der Waals surface area contributed by atoms with E-state index in [1.54, 1.807) is 18.2 Å². The number of hydrogen-bond donors (Lipinski definition) is 6. The molecule has 1 aromatic heterocycles. The predicted octanol–water partition coefficient (Wildman–Crippen LogP) is 4.72. The van der Waals surface area contributed by atoms with Crippen LogP contribution in [0.3, 0.4) is 0 Å². The van der Waals surface area contributed by atoms with Crippen molar-refractivity contribution in [3.05, 3.63) is 87.7 Å². The van der Waals surface area contributed by atoms with Gasteiger partial charge in [0.15, 0.2) is 0 Å². The van der Waals surface area contributed by atoms with Gasteiger partial charge in [-0.05, 0) is 124 Å². The molecule has 1 aliphatic carbocycles. The highest BCUT2D eigenvalue weighted by atomic mass is 16.2. The molecule has 0 spiro atoms. The zero-order valence-corrected chi connectivity index (χ0v) is 29.4. The number of carbonyl (C=O) groups excluding carboxylic acids is 3.